The zero-order chi connectivity index (χ0) is 20.9. The Labute approximate surface area is 156 Å². The van der Waals surface area contributed by atoms with Crippen LogP contribution in [0.4, 0.5) is 32.0 Å². The van der Waals surface area contributed by atoms with Crippen molar-refractivity contribution in [2.45, 2.75) is 25.7 Å². The molecule has 1 N–H and O–H groups in total. The number of anilines is 1. The lowest BCUT2D eigenvalue weighted by atomic mass is 10.1. The minimum Gasteiger partial charge on any atom is -0.323 e. The third-order valence-electron chi connectivity index (χ3n) is 3.57. The Morgan fingerprint density at radius 1 is 1.21 bits per heavy atom. The predicted octanol–water partition coefficient (Wildman–Crippen LogP) is 3.50. The third-order valence-corrected chi connectivity index (χ3v) is 3.57. The van der Waals surface area contributed by atoms with Gasteiger partial charge in [0.1, 0.15) is 12.7 Å². The van der Waals surface area contributed by atoms with Gasteiger partial charge in [-0.1, -0.05) is 6.92 Å². The summed E-state index contributed by atoms with van der Waals surface area (Å²) >= 11 is 0. The summed E-state index contributed by atoms with van der Waals surface area (Å²) in [6.07, 6.45) is -6.43. The molecule has 0 aliphatic rings. The fraction of sp³-hybridized carbons (Fsp3) is 0.438. The molecule has 28 heavy (non-hydrogen) atoms. The van der Waals surface area contributed by atoms with Gasteiger partial charge < -0.3 is 5.32 Å². The van der Waals surface area contributed by atoms with E-state index in [0.29, 0.717) is 12.5 Å². The summed E-state index contributed by atoms with van der Waals surface area (Å²) < 4.78 is 78.0. The van der Waals surface area contributed by atoms with Gasteiger partial charge in [-0.05, 0) is 31.2 Å². The van der Waals surface area contributed by atoms with Crippen LogP contribution in [-0.2, 0) is 11.0 Å². The number of alkyl halides is 6. The Hall–Kier alpha value is -2.63. The molecule has 12 heteroatoms. The molecule has 6 nitrogen and oxygen atoms in total. The molecule has 0 bridgehead atoms. The van der Waals surface area contributed by atoms with Gasteiger partial charge in [-0.3, -0.25) is 9.69 Å². The Balaban J connectivity index is 2.26. The van der Waals surface area contributed by atoms with Crippen molar-refractivity contribution in [2.75, 3.05) is 25.0 Å². The maximum absolute atomic E-state index is 13.0. The van der Waals surface area contributed by atoms with Crippen molar-refractivity contribution in [3.63, 3.8) is 0 Å². The SMILES string of the molecule is CCCN(CC(=O)Nc1cc(C(F)(F)F)ccc1-n1cncn1)CC(F)(F)F. The number of carbonyl (C=O) groups excluding carboxylic acids is 1. The molecule has 0 aliphatic heterocycles. The van der Waals surface area contributed by atoms with Gasteiger partial charge in [0.05, 0.1) is 30.0 Å². The van der Waals surface area contributed by atoms with Crippen LogP contribution in [0.15, 0.2) is 30.9 Å². The first-order valence-corrected chi connectivity index (χ1v) is 8.15. The van der Waals surface area contributed by atoms with Crippen LogP contribution in [0, 0.1) is 0 Å². The zero-order valence-electron chi connectivity index (χ0n) is 14.7. The number of halogens is 6. The van der Waals surface area contributed by atoms with E-state index < -0.39 is 36.9 Å². The molecule has 0 unspecified atom stereocenters. The first-order valence-electron chi connectivity index (χ1n) is 8.15. The van der Waals surface area contributed by atoms with Crippen LogP contribution in [-0.4, -0.2) is 51.4 Å². The predicted molar refractivity (Wildman–Crippen MR) is 87.8 cm³/mol. The van der Waals surface area contributed by atoms with Gasteiger partial charge in [-0.15, -0.1) is 0 Å². The van der Waals surface area contributed by atoms with Crippen molar-refractivity contribution in [1.82, 2.24) is 19.7 Å². The molecule has 1 amide bonds. The van der Waals surface area contributed by atoms with E-state index >= 15 is 0 Å². The fourth-order valence-corrected chi connectivity index (χ4v) is 2.52. The Morgan fingerprint density at radius 3 is 2.46 bits per heavy atom. The van der Waals surface area contributed by atoms with Crippen LogP contribution in [0.1, 0.15) is 18.9 Å². The molecule has 1 aromatic heterocycles. The summed E-state index contributed by atoms with van der Waals surface area (Å²) in [4.78, 5) is 16.8. The van der Waals surface area contributed by atoms with E-state index in [9.17, 15) is 31.1 Å². The monoisotopic (exact) mass is 409 g/mol. The summed E-state index contributed by atoms with van der Waals surface area (Å²) in [5.74, 6) is -0.876. The number of hydrogen-bond acceptors (Lipinski definition) is 4. The lowest BCUT2D eigenvalue weighted by Gasteiger charge is -2.23. The number of nitrogens with zero attached hydrogens (tertiary/aromatic N) is 4. The van der Waals surface area contributed by atoms with Gasteiger partial charge >= 0.3 is 12.4 Å². The second-order valence-corrected chi connectivity index (χ2v) is 5.94. The summed E-state index contributed by atoms with van der Waals surface area (Å²) in [6.45, 7) is -0.268. The van der Waals surface area contributed by atoms with Gasteiger partial charge in [0.15, 0.2) is 0 Å². The Kier molecular flexibility index (Phi) is 6.65. The number of carbonyl (C=O) groups is 1. The number of rotatable bonds is 7. The van der Waals surface area contributed by atoms with Crippen LogP contribution in [0.25, 0.3) is 5.69 Å². The molecule has 1 aromatic carbocycles. The van der Waals surface area contributed by atoms with Crippen molar-refractivity contribution in [1.29, 1.82) is 0 Å². The first kappa shape index (κ1) is 21.7. The standard InChI is InChI=1S/C16H17F6N5O/c1-2-5-26(8-15(17,18)19)7-14(28)25-12-6-11(16(20,21)22)3-4-13(12)27-10-23-9-24-27/h3-4,6,9-10H,2,5,7-8H2,1H3,(H,25,28). The van der Waals surface area contributed by atoms with Crippen molar-refractivity contribution in [3.05, 3.63) is 36.4 Å². The Morgan fingerprint density at radius 2 is 1.93 bits per heavy atom. The van der Waals surface area contributed by atoms with Crippen LogP contribution in [0.5, 0.6) is 0 Å². The lowest BCUT2D eigenvalue weighted by molar-refractivity contribution is -0.148. The molecule has 0 spiro atoms. The fourth-order valence-electron chi connectivity index (χ4n) is 2.52. The largest absolute Gasteiger partial charge is 0.416 e. The molecule has 0 saturated carbocycles. The second-order valence-electron chi connectivity index (χ2n) is 5.94. The molecule has 2 aromatic rings. The summed E-state index contributed by atoms with van der Waals surface area (Å²) in [6, 6.07) is 2.59. The Bertz CT molecular complexity index is 788. The number of hydrogen-bond donors (Lipinski definition) is 1. The topological polar surface area (TPSA) is 63.1 Å². The molecule has 0 fully saturated rings. The molecule has 0 saturated heterocycles. The van der Waals surface area contributed by atoms with E-state index in [1.54, 1.807) is 6.92 Å². The van der Waals surface area contributed by atoms with Gasteiger partial charge in [-0.25, -0.2) is 9.67 Å². The quantitative estimate of drug-likeness (QED) is 0.712. The highest BCUT2D eigenvalue weighted by molar-refractivity contribution is 5.94. The van der Waals surface area contributed by atoms with Crippen molar-refractivity contribution >= 4 is 11.6 Å². The molecule has 0 aliphatic carbocycles. The van der Waals surface area contributed by atoms with E-state index in [1.165, 1.54) is 6.33 Å². The number of nitrogens with one attached hydrogen (secondary N) is 1. The number of aromatic nitrogens is 3. The smallest absolute Gasteiger partial charge is 0.323 e. The molecule has 0 radical (unpaired) electrons. The van der Waals surface area contributed by atoms with Gasteiger partial charge in [-0.2, -0.15) is 31.4 Å². The van der Waals surface area contributed by atoms with E-state index in [4.69, 9.17) is 0 Å². The lowest BCUT2D eigenvalue weighted by Crippen LogP contribution is -2.40. The van der Waals surface area contributed by atoms with Crippen molar-refractivity contribution < 1.29 is 31.1 Å². The van der Waals surface area contributed by atoms with Gasteiger partial charge in [0.25, 0.3) is 0 Å². The summed E-state index contributed by atoms with van der Waals surface area (Å²) in [7, 11) is 0. The second kappa shape index (κ2) is 8.59. The van der Waals surface area contributed by atoms with E-state index in [1.807, 2.05) is 0 Å². The van der Waals surface area contributed by atoms with Crippen molar-refractivity contribution in [2.24, 2.45) is 0 Å². The van der Waals surface area contributed by atoms with Crippen LogP contribution < -0.4 is 5.32 Å². The molecule has 1 heterocycles. The average molecular weight is 409 g/mol. The highest BCUT2D eigenvalue weighted by Gasteiger charge is 2.33. The number of benzene rings is 1. The highest BCUT2D eigenvalue weighted by Crippen LogP contribution is 2.33. The number of amides is 1. The molecule has 0 atom stereocenters. The maximum atomic E-state index is 13.0. The van der Waals surface area contributed by atoms with Gasteiger partial charge in [0.2, 0.25) is 5.91 Å². The average Bonchev–Trinajstić information content (AvgIpc) is 3.06. The maximum Gasteiger partial charge on any atom is 0.416 e. The molecular weight excluding hydrogens is 392 g/mol. The minimum absolute atomic E-state index is 0.00541. The van der Waals surface area contributed by atoms with Crippen LogP contribution >= 0.6 is 0 Å². The van der Waals surface area contributed by atoms with Gasteiger partial charge in [0, 0.05) is 0 Å². The summed E-state index contributed by atoms with van der Waals surface area (Å²) in [5.41, 5.74) is -1.17. The van der Waals surface area contributed by atoms with Crippen LogP contribution in [0.2, 0.25) is 0 Å². The summed E-state index contributed by atoms with van der Waals surface area (Å²) in [5, 5.41) is 6.05. The minimum atomic E-state index is -4.66. The normalized spacial score (nSPS) is 12.4. The van der Waals surface area contributed by atoms with E-state index in [2.05, 4.69) is 15.4 Å². The van der Waals surface area contributed by atoms with E-state index in [-0.39, 0.29) is 17.9 Å². The van der Waals surface area contributed by atoms with E-state index in [0.717, 1.165) is 28.0 Å². The van der Waals surface area contributed by atoms with Crippen molar-refractivity contribution in [3.8, 4) is 5.69 Å². The molecule has 2 rings (SSSR count). The highest BCUT2D eigenvalue weighted by atomic mass is 19.4. The van der Waals surface area contributed by atoms with Crippen LogP contribution in [0.3, 0.4) is 0 Å². The zero-order valence-corrected chi connectivity index (χ0v) is 14.7. The third kappa shape index (κ3) is 6.22. The first-order chi connectivity index (χ1) is 13.0. The molecule has 154 valence electrons. The molecular formula is C16H17F6N5O.